The second-order valence-corrected chi connectivity index (χ2v) is 4.05. The third-order valence-electron chi connectivity index (χ3n) is 1.94. The Kier molecular flexibility index (Phi) is 5.19. The highest BCUT2D eigenvalue weighted by atomic mass is 19.1. The summed E-state index contributed by atoms with van der Waals surface area (Å²) in [5.41, 5.74) is 0. The van der Waals surface area contributed by atoms with Gasteiger partial charge in [-0.25, -0.2) is 8.78 Å². The van der Waals surface area contributed by atoms with Gasteiger partial charge in [-0.2, -0.15) is 0 Å². The van der Waals surface area contributed by atoms with Crippen LogP contribution in [0.2, 0.25) is 0 Å². The van der Waals surface area contributed by atoms with Crippen LogP contribution in [0.1, 0.15) is 13.8 Å². The van der Waals surface area contributed by atoms with E-state index in [0.29, 0.717) is 19.1 Å². The molecule has 0 aromatic heterocycles. The topological polar surface area (TPSA) is 21.3 Å². The van der Waals surface area contributed by atoms with E-state index in [1.54, 1.807) is 0 Å². The molecule has 1 rings (SSSR count). The fourth-order valence-electron chi connectivity index (χ4n) is 1.24. The van der Waals surface area contributed by atoms with Crippen LogP contribution < -0.4 is 10.1 Å². The summed E-state index contributed by atoms with van der Waals surface area (Å²) in [5.74, 6) is -0.439. The molecule has 0 aliphatic rings. The molecule has 0 bridgehead atoms. The number of nitrogens with one attached hydrogen (secondary N) is 1. The SMILES string of the molecule is CC(C)CNCCOc1cc(F)cc(F)c1. The molecule has 0 atom stereocenters. The zero-order chi connectivity index (χ0) is 12.0. The summed E-state index contributed by atoms with van der Waals surface area (Å²) in [6.45, 7) is 6.18. The minimum Gasteiger partial charge on any atom is -0.492 e. The smallest absolute Gasteiger partial charge is 0.129 e. The van der Waals surface area contributed by atoms with Crippen molar-refractivity contribution in [3.05, 3.63) is 29.8 Å². The molecule has 1 N–H and O–H groups in total. The highest BCUT2D eigenvalue weighted by molar-refractivity contribution is 5.23. The normalized spacial score (nSPS) is 10.8. The van der Waals surface area contributed by atoms with Gasteiger partial charge in [-0.3, -0.25) is 0 Å². The van der Waals surface area contributed by atoms with Crippen molar-refractivity contribution in [3.63, 3.8) is 0 Å². The molecular weight excluding hydrogens is 212 g/mol. The van der Waals surface area contributed by atoms with Gasteiger partial charge in [0.2, 0.25) is 0 Å². The van der Waals surface area contributed by atoms with Gasteiger partial charge >= 0.3 is 0 Å². The molecule has 1 aromatic carbocycles. The molecule has 4 heteroatoms. The lowest BCUT2D eigenvalue weighted by Crippen LogP contribution is -2.24. The predicted molar refractivity (Wildman–Crippen MR) is 59.6 cm³/mol. The highest BCUT2D eigenvalue weighted by Gasteiger charge is 2.01. The van der Waals surface area contributed by atoms with Gasteiger partial charge in [0.1, 0.15) is 24.0 Å². The van der Waals surface area contributed by atoms with Crippen LogP contribution in [0, 0.1) is 17.6 Å². The number of benzene rings is 1. The fraction of sp³-hybridized carbons (Fsp3) is 0.500. The average molecular weight is 229 g/mol. The molecule has 0 aliphatic heterocycles. The van der Waals surface area contributed by atoms with Crippen LogP contribution >= 0.6 is 0 Å². The summed E-state index contributed by atoms with van der Waals surface area (Å²) >= 11 is 0. The lowest BCUT2D eigenvalue weighted by Gasteiger charge is -2.09. The van der Waals surface area contributed by atoms with Gasteiger partial charge in [-0.15, -0.1) is 0 Å². The summed E-state index contributed by atoms with van der Waals surface area (Å²) in [7, 11) is 0. The van der Waals surface area contributed by atoms with Gasteiger partial charge in [0.25, 0.3) is 0 Å². The van der Waals surface area contributed by atoms with E-state index >= 15 is 0 Å². The summed E-state index contributed by atoms with van der Waals surface area (Å²) in [6.07, 6.45) is 0. The van der Waals surface area contributed by atoms with Crippen LogP contribution in [-0.2, 0) is 0 Å². The summed E-state index contributed by atoms with van der Waals surface area (Å²) in [6, 6.07) is 3.17. The largest absolute Gasteiger partial charge is 0.492 e. The summed E-state index contributed by atoms with van der Waals surface area (Å²) < 4.78 is 30.8. The Morgan fingerprint density at radius 3 is 2.38 bits per heavy atom. The molecule has 0 aliphatic carbocycles. The maximum atomic E-state index is 12.8. The first kappa shape index (κ1) is 12.9. The minimum atomic E-state index is -0.620. The zero-order valence-electron chi connectivity index (χ0n) is 9.59. The monoisotopic (exact) mass is 229 g/mol. The van der Waals surface area contributed by atoms with Crippen LogP contribution in [0.5, 0.6) is 5.75 Å². The van der Waals surface area contributed by atoms with E-state index in [1.165, 1.54) is 12.1 Å². The summed E-state index contributed by atoms with van der Waals surface area (Å²) in [4.78, 5) is 0. The average Bonchev–Trinajstić information content (AvgIpc) is 2.15. The van der Waals surface area contributed by atoms with Crippen LogP contribution in [0.3, 0.4) is 0 Å². The molecule has 16 heavy (non-hydrogen) atoms. The highest BCUT2D eigenvalue weighted by Crippen LogP contribution is 2.14. The quantitative estimate of drug-likeness (QED) is 0.757. The Morgan fingerprint density at radius 2 is 1.81 bits per heavy atom. The Hall–Kier alpha value is -1.16. The number of rotatable bonds is 6. The predicted octanol–water partition coefficient (Wildman–Crippen LogP) is 2.59. The standard InChI is InChI=1S/C12H17F2NO/c1-9(2)8-15-3-4-16-12-6-10(13)5-11(14)7-12/h5-7,9,15H,3-4,8H2,1-2H3. The molecule has 0 radical (unpaired) electrons. The molecule has 0 heterocycles. The molecule has 2 nitrogen and oxygen atoms in total. The van der Waals surface area contributed by atoms with Crippen molar-refractivity contribution in [2.45, 2.75) is 13.8 Å². The second-order valence-electron chi connectivity index (χ2n) is 4.05. The van der Waals surface area contributed by atoms with E-state index in [9.17, 15) is 8.78 Å². The molecule has 0 amide bonds. The molecule has 0 saturated carbocycles. The number of hydrogen-bond donors (Lipinski definition) is 1. The van der Waals surface area contributed by atoms with Gasteiger partial charge in [0.05, 0.1) is 0 Å². The Balaban J connectivity index is 2.26. The molecular formula is C12H17F2NO. The van der Waals surface area contributed by atoms with E-state index in [0.717, 1.165) is 12.6 Å². The summed E-state index contributed by atoms with van der Waals surface area (Å²) in [5, 5.41) is 3.17. The van der Waals surface area contributed by atoms with Crippen molar-refractivity contribution >= 4 is 0 Å². The van der Waals surface area contributed by atoms with E-state index in [2.05, 4.69) is 19.2 Å². The van der Waals surface area contributed by atoms with Crippen LogP contribution in [0.25, 0.3) is 0 Å². The number of hydrogen-bond acceptors (Lipinski definition) is 2. The van der Waals surface area contributed by atoms with Crippen molar-refractivity contribution in [2.24, 2.45) is 5.92 Å². The number of ether oxygens (including phenoxy) is 1. The van der Waals surface area contributed by atoms with Gasteiger partial charge < -0.3 is 10.1 Å². The van der Waals surface area contributed by atoms with Gasteiger partial charge in [0.15, 0.2) is 0 Å². The van der Waals surface area contributed by atoms with Crippen molar-refractivity contribution in [3.8, 4) is 5.75 Å². The van der Waals surface area contributed by atoms with Crippen LogP contribution in [-0.4, -0.2) is 19.7 Å². The van der Waals surface area contributed by atoms with Crippen molar-refractivity contribution in [1.82, 2.24) is 5.32 Å². The zero-order valence-corrected chi connectivity index (χ0v) is 9.59. The van der Waals surface area contributed by atoms with E-state index < -0.39 is 11.6 Å². The van der Waals surface area contributed by atoms with Crippen LogP contribution in [0.4, 0.5) is 8.78 Å². The molecule has 0 spiro atoms. The van der Waals surface area contributed by atoms with Gasteiger partial charge in [-0.05, 0) is 12.5 Å². The molecule has 90 valence electrons. The molecule has 0 unspecified atom stereocenters. The Labute approximate surface area is 94.6 Å². The Morgan fingerprint density at radius 1 is 1.19 bits per heavy atom. The van der Waals surface area contributed by atoms with Gasteiger partial charge in [0, 0.05) is 24.7 Å². The fourth-order valence-corrected chi connectivity index (χ4v) is 1.24. The number of halogens is 2. The molecule has 0 fully saturated rings. The maximum absolute atomic E-state index is 12.8. The van der Waals surface area contributed by atoms with Crippen molar-refractivity contribution in [1.29, 1.82) is 0 Å². The van der Waals surface area contributed by atoms with Crippen molar-refractivity contribution in [2.75, 3.05) is 19.7 Å². The maximum Gasteiger partial charge on any atom is 0.129 e. The minimum absolute atomic E-state index is 0.226. The van der Waals surface area contributed by atoms with Crippen LogP contribution in [0.15, 0.2) is 18.2 Å². The van der Waals surface area contributed by atoms with E-state index in [-0.39, 0.29) is 5.75 Å². The second kappa shape index (κ2) is 6.43. The van der Waals surface area contributed by atoms with E-state index in [4.69, 9.17) is 4.74 Å². The van der Waals surface area contributed by atoms with Crippen molar-refractivity contribution < 1.29 is 13.5 Å². The first-order chi connectivity index (χ1) is 7.58. The lowest BCUT2D eigenvalue weighted by atomic mass is 10.2. The lowest BCUT2D eigenvalue weighted by molar-refractivity contribution is 0.308. The first-order valence-corrected chi connectivity index (χ1v) is 5.37. The first-order valence-electron chi connectivity index (χ1n) is 5.37. The van der Waals surface area contributed by atoms with Gasteiger partial charge in [-0.1, -0.05) is 13.8 Å². The molecule has 0 saturated heterocycles. The third-order valence-corrected chi connectivity index (χ3v) is 1.94. The Bertz CT molecular complexity index is 309. The molecule has 1 aromatic rings. The third kappa shape index (κ3) is 5.07. The van der Waals surface area contributed by atoms with E-state index in [1.807, 2.05) is 0 Å².